The first kappa shape index (κ1) is 20.9. The number of hydrogen-bond acceptors (Lipinski definition) is 5. The van der Waals surface area contributed by atoms with E-state index in [1.807, 2.05) is 23.5 Å². The Bertz CT molecular complexity index is 787. The second-order valence-electron chi connectivity index (χ2n) is 8.85. The van der Waals surface area contributed by atoms with Gasteiger partial charge in [-0.15, -0.1) is 11.3 Å². The van der Waals surface area contributed by atoms with Crippen LogP contribution in [0, 0.1) is 5.41 Å². The van der Waals surface area contributed by atoms with Crippen LogP contribution in [0.1, 0.15) is 41.0 Å². The molecule has 3 heterocycles. The van der Waals surface area contributed by atoms with Crippen LogP contribution in [0.4, 0.5) is 0 Å². The van der Waals surface area contributed by atoms with Crippen LogP contribution in [0.2, 0.25) is 0 Å². The standard InChI is InChI=1S/C24H34N2O2S/c1-28-21-7-4-6-20(14-21)15-24(19-27)10-5-13-26(18-24)17-23-9-8-22(29-23)16-25-11-2-3-12-25/h4,6-9,14,27H,2-3,5,10-13,15-19H2,1H3/t24-/m0/s1. The SMILES string of the molecule is COc1cccc(C[C@@]2(CO)CCCN(Cc3ccc(CN4CCCC4)s3)C2)c1. The highest BCUT2D eigenvalue weighted by Crippen LogP contribution is 2.35. The molecule has 0 radical (unpaired) electrons. The molecule has 29 heavy (non-hydrogen) atoms. The number of likely N-dealkylation sites (tertiary alicyclic amines) is 2. The molecule has 0 unspecified atom stereocenters. The molecule has 1 aromatic carbocycles. The number of piperidine rings is 1. The largest absolute Gasteiger partial charge is 0.497 e. The molecule has 2 fully saturated rings. The van der Waals surface area contributed by atoms with Crippen LogP contribution >= 0.6 is 11.3 Å². The molecular formula is C24H34N2O2S. The Labute approximate surface area is 179 Å². The van der Waals surface area contributed by atoms with Crippen LogP contribution in [0.25, 0.3) is 0 Å². The zero-order chi connectivity index (χ0) is 20.1. The van der Waals surface area contributed by atoms with Gasteiger partial charge in [0.05, 0.1) is 13.7 Å². The third-order valence-corrected chi connectivity index (χ3v) is 7.52. The van der Waals surface area contributed by atoms with Gasteiger partial charge in [0.1, 0.15) is 5.75 Å². The predicted molar refractivity (Wildman–Crippen MR) is 120 cm³/mol. The van der Waals surface area contributed by atoms with E-state index in [0.29, 0.717) is 0 Å². The quantitative estimate of drug-likeness (QED) is 0.703. The Kier molecular flexibility index (Phi) is 6.91. The fourth-order valence-electron chi connectivity index (χ4n) is 4.96. The van der Waals surface area contributed by atoms with E-state index in [9.17, 15) is 5.11 Å². The highest BCUT2D eigenvalue weighted by molar-refractivity contribution is 7.11. The normalized spacial score (nSPS) is 23.5. The summed E-state index contributed by atoms with van der Waals surface area (Å²) >= 11 is 1.97. The van der Waals surface area contributed by atoms with Crippen molar-refractivity contribution in [3.8, 4) is 5.75 Å². The van der Waals surface area contributed by atoms with E-state index in [-0.39, 0.29) is 12.0 Å². The molecule has 1 aromatic heterocycles. The molecule has 158 valence electrons. The van der Waals surface area contributed by atoms with E-state index >= 15 is 0 Å². The second-order valence-corrected chi connectivity index (χ2v) is 10.1. The molecule has 0 aliphatic carbocycles. The molecule has 0 spiro atoms. The number of ether oxygens (including phenoxy) is 1. The molecule has 1 N–H and O–H groups in total. The third kappa shape index (κ3) is 5.40. The number of aliphatic hydroxyl groups excluding tert-OH is 1. The van der Waals surface area contributed by atoms with Gasteiger partial charge in [-0.05, 0) is 81.6 Å². The molecule has 2 aliphatic heterocycles. The molecule has 0 saturated carbocycles. The zero-order valence-electron chi connectivity index (χ0n) is 17.6. The van der Waals surface area contributed by atoms with Crippen molar-refractivity contribution in [2.45, 2.75) is 45.2 Å². The molecule has 5 heteroatoms. The van der Waals surface area contributed by atoms with E-state index < -0.39 is 0 Å². The van der Waals surface area contributed by atoms with Crippen LogP contribution in [0.3, 0.4) is 0 Å². The molecule has 1 atom stereocenters. The van der Waals surface area contributed by atoms with Crippen molar-refractivity contribution >= 4 is 11.3 Å². The Morgan fingerprint density at radius 1 is 1.00 bits per heavy atom. The number of thiophene rings is 1. The lowest BCUT2D eigenvalue weighted by molar-refractivity contribution is 0.0292. The van der Waals surface area contributed by atoms with Gasteiger partial charge in [-0.3, -0.25) is 9.80 Å². The number of nitrogens with zero attached hydrogens (tertiary/aromatic N) is 2. The Morgan fingerprint density at radius 3 is 2.45 bits per heavy atom. The van der Waals surface area contributed by atoms with E-state index in [0.717, 1.165) is 51.2 Å². The van der Waals surface area contributed by atoms with Crippen LogP contribution < -0.4 is 4.74 Å². The minimum absolute atomic E-state index is 0.0553. The molecule has 2 aromatic rings. The molecular weight excluding hydrogens is 380 g/mol. The fraction of sp³-hybridized carbons (Fsp3) is 0.583. The van der Waals surface area contributed by atoms with Crippen LogP contribution in [0.15, 0.2) is 36.4 Å². The first-order valence-corrected chi connectivity index (χ1v) is 11.8. The summed E-state index contributed by atoms with van der Waals surface area (Å²) in [7, 11) is 1.71. The van der Waals surface area contributed by atoms with Gasteiger partial charge in [-0.1, -0.05) is 12.1 Å². The maximum atomic E-state index is 10.3. The first-order chi connectivity index (χ1) is 14.2. The van der Waals surface area contributed by atoms with E-state index in [1.54, 1.807) is 7.11 Å². The maximum absolute atomic E-state index is 10.3. The maximum Gasteiger partial charge on any atom is 0.119 e. The molecule has 4 nitrogen and oxygen atoms in total. The zero-order valence-corrected chi connectivity index (χ0v) is 18.4. The molecule has 0 amide bonds. The minimum Gasteiger partial charge on any atom is -0.497 e. The Hall–Kier alpha value is -1.40. The summed E-state index contributed by atoms with van der Waals surface area (Å²) in [4.78, 5) is 8.06. The third-order valence-electron chi connectivity index (χ3n) is 6.46. The molecule has 2 saturated heterocycles. The van der Waals surface area contributed by atoms with Crippen molar-refractivity contribution < 1.29 is 9.84 Å². The van der Waals surface area contributed by atoms with Gasteiger partial charge < -0.3 is 9.84 Å². The number of benzene rings is 1. The molecule has 0 bridgehead atoms. The summed E-state index contributed by atoms with van der Waals surface area (Å²) in [5.41, 5.74) is 1.20. The van der Waals surface area contributed by atoms with E-state index in [1.165, 1.54) is 41.2 Å². The van der Waals surface area contributed by atoms with Gasteiger partial charge in [0, 0.05) is 34.8 Å². The average molecular weight is 415 g/mol. The van der Waals surface area contributed by atoms with Gasteiger partial charge in [-0.25, -0.2) is 0 Å². The van der Waals surface area contributed by atoms with Crippen molar-refractivity contribution in [3.05, 3.63) is 51.7 Å². The van der Waals surface area contributed by atoms with Crippen LogP contribution in [-0.2, 0) is 19.5 Å². The topological polar surface area (TPSA) is 35.9 Å². The average Bonchev–Trinajstić information content (AvgIpc) is 3.41. The van der Waals surface area contributed by atoms with Crippen molar-refractivity contribution in [2.24, 2.45) is 5.41 Å². The number of methoxy groups -OCH3 is 1. The summed E-state index contributed by atoms with van der Waals surface area (Å²) in [6.45, 7) is 6.95. The van der Waals surface area contributed by atoms with Crippen molar-refractivity contribution in [2.75, 3.05) is 39.9 Å². The van der Waals surface area contributed by atoms with Gasteiger partial charge in [-0.2, -0.15) is 0 Å². The number of aliphatic hydroxyl groups is 1. The van der Waals surface area contributed by atoms with Gasteiger partial charge >= 0.3 is 0 Å². The fourth-order valence-corrected chi connectivity index (χ4v) is 6.07. The molecule has 4 rings (SSSR count). The summed E-state index contributed by atoms with van der Waals surface area (Å²) in [5, 5.41) is 10.3. The van der Waals surface area contributed by atoms with Gasteiger partial charge in [0.2, 0.25) is 0 Å². The van der Waals surface area contributed by atoms with Gasteiger partial charge in [0.15, 0.2) is 0 Å². The lowest BCUT2D eigenvalue weighted by atomic mass is 9.75. The van der Waals surface area contributed by atoms with Crippen LogP contribution in [-0.4, -0.2) is 54.8 Å². The van der Waals surface area contributed by atoms with Crippen molar-refractivity contribution in [1.82, 2.24) is 9.80 Å². The lowest BCUT2D eigenvalue weighted by Gasteiger charge is -2.42. The summed E-state index contributed by atoms with van der Waals surface area (Å²) < 4.78 is 5.39. The lowest BCUT2D eigenvalue weighted by Crippen LogP contribution is -2.46. The first-order valence-electron chi connectivity index (χ1n) is 10.9. The Morgan fingerprint density at radius 2 is 1.72 bits per heavy atom. The van der Waals surface area contributed by atoms with E-state index in [2.05, 4.69) is 34.1 Å². The highest BCUT2D eigenvalue weighted by Gasteiger charge is 2.35. The smallest absolute Gasteiger partial charge is 0.119 e. The molecule has 2 aliphatic rings. The summed E-state index contributed by atoms with van der Waals surface area (Å²) in [5.74, 6) is 0.896. The van der Waals surface area contributed by atoms with Crippen molar-refractivity contribution in [3.63, 3.8) is 0 Å². The second kappa shape index (κ2) is 9.61. The summed E-state index contributed by atoms with van der Waals surface area (Å²) in [6, 6.07) is 12.9. The van der Waals surface area contributed by atoms with Crippen LogP contribution in [0.5, 0.6) is 5.75 Å². The summed E-state index contributed by atoms with van der Waals surface area (Å²) in [6.07, 6.45) is 5.84. The number of hydrogen-bond donors (Lipinski definition) is 1. The van der Waals surface area contributed by atoms with E-state index in [4.69, 9.17) is 4.74 Å². The predicted octanol–water partition coefficient (Wildman–Crippen LogP) is 4.17. The van der Waals surface area contributed by atoms with Gasteiger partial charge in [0.25, 0.3) is 0 Å². The highest BCUT2D eigenvalue weighted by atomic mass is 32.1. The number of rotatable bonds is 8. The minimum atomic E-state index is -0.0553. The monoisotopic (exact) mass is 414 g/mol. The van der Waals surface area contributed by atoms with Crippen molar-refractivity contribution in [1.29, 1.82) is 0 Å². The Balaban J connectivity index is 1.38.